The molecule has 25 heavy (non-hydrogen) atoms. The van der Waals surface area contributed by atoms with Gasteiger partial charge in [-0.1, -0.05) is 24.6 Å². The zero-order valence-electron chi connectivity index (χ0n) is 13.7. The van der Waals surface area contributed by atoms with E-state index < -0.39 is 9.84 Å². The Balaban J connectivity index is 1.69. The molecule has 1 fully saturated rings. The smallest absolute Gasteiger partial charge is 0.230 e. The molecule has 0 aromatic heterocycles. The molecule has 130 valence electrons. The summed E-state index contributed by atoms with van der Waals surface area (Å²) < 4.78 is 31.2. The molecule has 0 saturated heterocycles. The second kappa shape index (κ2) is 6.19. The van der Waals surface area contributed by atoms with E-state index in [1.54, 1.807) is 47.4 Å². The fourth-order valence-corrected chi connectivity index (χ4v) is 4.50. The number of fused-ring (bicyclic) bond motifs is 1. The van der Waals surface area contributed by atoms with Crippen LogP contribution < -0.4 is 9.64 Å². The number of amides is 1. The highest BCUT2D eigenvalue weighted by molar-refractivity contribution is 7.91. The minimum Gasteiger partial charge on any atom is -0.489 e. The quantitative estimate of drug-likeness (QED) is 0.847. The first-order valence-corrected chi connectivity index (χ1v) is 9.94. The molecule has 1 amide bonds. The standard InChI is InChI=1S/C19H19NO4S/c21-19(14-5-4-6-14)20-11-12-24-18-13-16(9-10-17(18)20)25(22,23)15-7-2-1-3-8-15/h1-3,7-10,13-14H,4-6,11-12H2. The second-order valence-corrected chi connectivity index (χ2v) is 8.36. The van der Waals surface area contributed by atoms with Gasteiger partial charge in [0.05, 0.1) is 22.0 Å². The molecule has 0 unspecified atom stereocenters. The van der Waals surface area contributed by atoms with Gasteiger partial charge in [0.25, 0.3) is 0 Å². The number of sulfone groups is 1. The highest BCUT2D eigenvalue weighted by Crippen LogP contribution is 2.38. The van der Waals surface area contributed by atoms with Gasteiger partial charge in [0, 0.05) is 12.0 Å². The highest BCUT2D eigenvalue weighted by atomic mass is 32.2. The van der Waals surface area contributed by atoms with Crippen LogP contribution in [0.3, 0.4) is 0 Å². The van der Waals surface area contributed by atoms with Crippen LogP contribution in [0.1, 0.15) is 19.3 Å². The largest absolute Gasteiger partial charge is 0.489 e. The molecule has 2 aromatic carbocycles. The average Bonchev–Trinajstić information content (AvgIpc) is 2.60. The minimum absolute atomic E-state index is 0.0960. The number of carbonyl (C=O) groups is 1. The normalized spacial score (nSPS) is 17.4. The molecular weight excluding hydrogens is 338 g/mol. The summed E-state index contributed by atoms with van der Waals surface area (Å²) in [5, 5.41) is 0. The van der Waals surface area contributed by atoms with Crippen LogP contribution in [0.15, 0.2) is 58.3 Å². The van der Waals surface area contributed by atoms with Gasteiger partial charge in [-0.3, -0.25) is 4.79 Å². The van der Waals surface area contributed by atoms with Gasteiger partial charge >= 0.3 is 0 Å². The summed E-state index contributed by atoms with van der Waals surface area (Å²) in [6, 6.07) is 13.1. The molecule has 1 saturated carbocycles. The molecule has 0 atom stereocenters. The van der Waals surface area contributed by atoms with Crippen LogP contribution in [-0.4, -0.2) is 27.5 Å². The Morgan fingerprint density at radius 3 is 2.48 bits per heavy atom. The van der Waals surface area contributed by atoms with Crippen LogP contribution in [0.5, 0.6) is 5.75 Å². The molecule has 0 N–H and O–H groups in total. The first-order valence-electron chi connectivity index (χ1n) is 8.46. The van der Waals surface area contributed by atoms with E-state index in [4.69, 9.17) is 4.74 Å². The van der Waals surface area contributed by atoms with Crippen LogP contribution in [0.2, 0.25) is 0 Å². The molecule has 6 heteroatoms. The van der Waals surface area contributed by atoms with Gasteiger partial charge in [-0.05, 0) is 37.1 Å². The van der Waals surface area contributed by atoms with Crippen molar-refractivity contribution < 1.29 is 17.9 Å². The third kappa shape index (κ3) is 2.80. The lowest BCUT2D eigenvalue weighted by atomic mass is 9.84. The lowest BCUT2D eigenvalue weighted by Gasteiger charge is -2.35. The van der Waals surface area contributed by atoms with Crippen LogP contribution in [0, 0.1) is 5.92 Å². The molecule has 2 aliphatic rings. The van der Waals surface area contributed by atoms with Gasteiger partial charge in [0.15, 0.2) is 0 Å². The molecule has 1 heterocycles. The van der Waals surface area contributed by atoms with E-state index in [-0.39, 0.29) is 21.6 Å². The third-order valence-corrected chi connectivity index (χ3v) is 6.65. The average molecular weight is 357 g/mol. The lowest BCUT2D eigenvalue weighted by Crippen LogP contribution is -2.43. The maximum absolute atomic E-state index is 12.8. The van der Waals surface area contributed by atoms with Crippen molar-refractivity contribution in [2.24, 2.45) is 5.92 Å². The molecule has 1 aliphatic carbocycles. The van der Waals surface area contributed by atoms with Crippen molar-refractivity contribution in [3.8, 4) is 5.75 Å². The van der Waals surface area contributed by atoms with Gasteiger partial charge in [-0.15, -0.1) is 0 Å². The summed E-state index contributed by atoms with van der Waals surface area (Å²) in [4.78, 5) is 14.8. The topological polar surface area (TPSA) is 63.7 Å². The fraction of sp³-hybridized carbons (Fsp3) is 0.316. The van der Waals surface area contributed by atoms with Crippen molar-refractivity contribution in [1.29, 1.82) is 0 Å². The van der Waals surface area contributed by atoms with Gasteiger partial charge in [0.2, 0.25) is 15.7 Å². The summed E-state index contributed by atoms with van der Waals surface area (Å²) in [5.74, 6) is 0.670. The van der Waals surface area contributed by atoms with E-state index in [2.05, 4.69) is 0 Å². The van der Waals surface area contributed by atoms with Crippen molar-refractivity contribution >= 4 is 21.4 Å². The number of rotatable bonds is 3. The molecule has 4 rings (SSSR count). The molecule has 2 aromatic rings. The number of nitrogens with zero attached hydrogens (tertiary/aromatic N) is 1. The first-order chi connectivity index (χ1) is 12.1. The Labute approximate surface area is 147 Å². The molecule has 1 aliphatic heterocycles. The van der Waals surface area contributed by atoms with Crippen molar-refractivity contribution in [1.82, 2.24) is 0 Å². The number of hydrogen-bond donors (Lipinski definition) is 0. The SMILES string of the molecule is O=C(C1CCC1)N1CCOc2cc(S(=O)(=O)c3ccccc3)ccc21. The van der Waals surface area contributed by atoms with E-state index in [1.807, 2.05) is 0 Å². The number of ether oxygens (including phenoxy) is 1. The van der Waals surface area contributed by atoms with Crippen LogP contribution in [0.25, 0.3) is 0 Å². The van der Waals surface area contributed by atoms with Crippen molar-refractivity contribution in [2.45, 2.75) is 29.1 Å². The van der Waals surface area contributed by atoms with Crippen molar-refractivity contribution in [3.63, 3.8) is 0 Å². The van der Waals surface area contributed by atoms with Crippen molar-refractivity contribution in [2.75, 3.05) is 18.1 Å². The summed E-state index contributed by atoms with van der Waals surface area (Å²) in [5.41, 5.74) is 0.662. The zero-order valence-corrected chi connectivity index (χ0v) is 14.5. The number of benzene rings is 2. The Morgan fingerprint density at radius 1 is 1.04 bits per heavy atom. The third-order valence-electron chi connectivity index (χ3n) is 4.88. The van der Waals surface area contributed by atoms with Gasteiger partial charge in [0.1, 0.15) is 12.4 Å². The van der Waals surface area contributed by atoms with Gasteiger partial charge in [-0.2, -0.15) is 0 Å². The molecule has 0 spiro atoms. The predicted octanol–water partition coefficient (Wildman–Crippen LogP) is 3.04. The summed E-state index contributed by atoms with van der Waals surface area (Å²) in [6.07, 6.45) is 2.97. The maximum Gasteiger partial charge on any atom is 0.230 e. The maximum atomic E-state index is 12.8. The van der Waals surface area contributed by atoms with E-state index in [1.165, 1.54) is 6.07 Å². The van der Waals surface area contributed by atoms with E-state index in [0.717, 1.165) is 19.3 Å². The van der Waals surface area contributed by atoms with Crippen LogP contribution >= 0.6 is 0 Å². The Bertz CT molecular complexity index is 904. The number of carbonyl (C=O) groups excluding carboxylic acids is 1. The molecule has 0 radical (unpaired) electrons. The first kappa shape index (κ1) is 16.1. The fourth-order valence-electron chi connectivity index (χ4n) is 3.21. The molecular formula is C19H19NO4S. The van der Waals surface area contributed by atoms with E-state index in [0.29, 0.717) is 24.6 Å². The van der Waals surface area contributed by atoms with Crippen molar-refractivity contribution in [3.05, 3.63) is 48.5 Å². The molecule has 0 bridgehead atoms. The monoisotopic (exact) mass is 357 g/mol. The number of anilines is 1. The minimum atomic E-state index is -3.60. The second-order valence-electron chi connectivity index (χ2n) is 6.41. The van der Waals surface area contributed by atoms with E-state index in [9.17, 15) is 13.2 Å². The zero-order chi connectivity index (χ0) is 17.4. The summed E-state index contributed by atoms with van der Waals surface area (Å²) >= 11 is 0. The number of hydrogen-bond acceptors (Lipinski definition) is 4. The van der Waals surface area contributed by atoms with Gasteiger partial charge < -0.3 is 9.64 Å². The highest BCUT2D eigenvalue weighted by Gasteiger charge is 2.33. The molecule has 5 nitrogen and oxygen atoms in total. The summed E-state index contributed by atoms with van der Waals surface area (Å²) in [6.45, 7) is 0.882. The summed E-state index contributed by atoms with van der Waals surface area (Å²) in [7, 11) is -3.60. The Hall–Kier alpha value is -2.34. The van der Waals surface area contributed by atoms with E-state index >= 15 is 0 Å². The predicted molar refractivity (Wildman–Crippen MR) is 93.5 cm³/mol. The Morgan fingerprint density at radius 2 is 1.80 bits per heavy atom. The van der Waals surface area contributed by atoms with Crippen LogP contribution in [0.4, 0.5) is 5.69 Å². The van der Waals surface area contributed by atoms with Crippen LogP contribution in [-0.2, 0) is 14.6 Å². The lowest BCUT2D eigenvalue weighted by molar-refractivity contribution is -0.125. The van der Waals surface area contributed by atoms with Gasteiger partial charge in [-0.25, -0.2) is 8.42 Å². The Kier molecular flexibility index (Phi) is 4.00.